The lowest BCUT2D eigenvalue weighted by atomic mass is 10.1. The first kappa shape index (κ1) is 15.5. The van der Waals surface area contributed by atoms with E-state index >= 15 is 0 Å². The molecule has 1 aromatic carbocycles. The first-order chi connectivity index (χ1) is 9.04. The Kier molecular flexibility index (Phi) is 6.40. The van der Waals surface area contributed by atoms with Crippen molar-refractivity contribution in [3.63, 3.8) is 0 Å². The third-order valence-corrected chi connectivity index (χ3v) is 3.10. The van der Waals surface area contributed by atoms with Gasteiger partial charge in [0.25, 0.3) is 5.91 Å². The number of nitrogens with one attached hydrogen (secondary N) is 1. The summed E-state index contributed by atoms with van der Waals surface area (Å²) >= 11 is 0. The monoisotopic (exact) mass is 263 g/mol. The third kappa shape index (κ3) is 5.33. The van der Waals surface area contributed by atoms with Crippen molar-refractivity contribution in [3.05, 3.63) is 29.3 Å². The van der Waals surface area contributed by atoms with Crippen LogP contribution >= 0.6 is 0 Å². The maximum Gasteiger partial charge on any atom is 0.260 e. The molecule has 0 bridgehead atoms. The Morgan fingerprint density at radius 1 is 1.32 bits per heavy atom. The van der Waals surface area contributed by atoms with Crippen LogP contribution in [0, 0.1) is 13.8 Å². The van der Waals surface area contributed by atoms with Crippen molar-refractivity contribution in [3.8, 4) is 5.75 Å². The van der Waals surface area contributed by atoms with Crippen molar-refractivity contribution in [1.29, 1.82) is 0 Å². The Morgan fingerprint density at radius 3 is 2.74 bits per heavy atom. The molecule has 0 aliphatic carbocycles. The van der Waals surface area contributed by atoms with Gasteiger partial charge >= 0.3 is 0 Å². The van der Waals surface area contributed by atoms with Crippen LogP contribution < -0.4 is 10.1 Å². The van der Waals surface area contributed by atoms with Crippen molar-refractivity contribution < 1.29 is 9.53 Å². The van der Waals surface area contributed by atoms with Gasteiger partial charge in [0, 0.05) is 6.54 Å². The Morgan fingerprint density at radius 2 is 2.05 bits per heavy atom. The molecule has 19 heavy (non-hydrogen) atoms. The molecular formula is C16H25NO2. The van der Waals surface area contributed by atoms with Gasteiger partial charge in [-0.25, -0.2) is 0 Å². The first-order valence-electron chi connectivity index (χ1n) is 7.06. The van der Waals surface area contributed by atoms with E-state index in [1.807, 2.05) is 32.0 Å². The zero-order chi connectivity index (χ0) is 14.3. The predicted molar refractivity (Wildman–Crippen MR) is 78.5 cm³/mol. The number of benzene rings is 1. The van der Waals surface area contributed by atoms with Gasteiger partial charge in [0.15, 0.2) is 6.10 Å². The van der Waals surface area contributed by atoms with Crippen LogP contribution in [0.3, 0.4) is 0 Å². The summed E-state index contributed by atoms with van der Waals surface area (Å²) in [5.41, 5.74) is 2.19. The highest BCUT2D eigenvalue weighted by Gasteiger charge is 2.14. The van der Waals surface area contributed by atoms with Crippen LogP contribution in [-0.2, 0) is 4.79 Å². The Hall–Kier alpha value is -1.51. The van der Waals surface area contributed by atoms with E-state index in [0.717, 1.165) is 42.7 Å². The maximum atomic E-state index is 11.9. The SMILES string of the molecule is CCCCCNC(=O)C(C)Oc1cc(C)ccc1C. The fourth-order valence-electron chi connectivity index (χ4n) is 1.81. The number of unbranched alkanes of at least 4 members (excludes halogenated alkanes) is 2. The predicted octanol–water partition coefficient (Wildman–Crippen LogP) is 3.38. The topological polar surface area (TPSA) is 38.3 Å². The van der Waals surface area contributed by atoms with E-state index in [4.69, 9.17) is 4.74 Å². The number of hydrogen-bond donors (Lipinski definition) is 1. The van der Waals surface area contributed by atoms with E-state index in [9.17, 15) is 4.79 Å². The van der Waals surface area contributed by atoms with Gasteiger partial charge in [-0.1, -0.05) is 31.9 Å². The summed E-state index contributed by atoms with van der Waals surface area (Å²) in [5, 5.41) is 2.91. The van der Waals surface area contributed by atoms with Crippen LogP contribution in [0.1, 0.15) is 44.2 Å². The zero-order valence-electron chi connectivity index (χ0n) is 12.5. The largest absolute Gasteiger partial charge is 0.481 e. The summed E-state index contributed by atoms with van der Waals surface area (Å²) in [6, 6.07) is 6.02. The summed E-state index contributed by atoms with van der Waals surface area (Å²) in [6.45, 7) is 8.67. The van der Waals surface area contributed by atoms with Gasteiger partial charge in [0.05, 0.1) is 0 Å². The normalized spacial score (nSPS) is 12.0. The molecule has 1 atom stereocenters. The Balaban J connectivity index is 2.47. The molecule has 1 rings (SSSR count). The Bertz CT molecular complexity index is 415. The molecule has 1 N–H and O–H groups in total. The highest BCUT2D eigenvalue weighted by molar-refractivity contribution is 5.80. The lowest BCUT2D eigenvalue weighted by Crippen LogP contribution is -2.36. The molecule has 0 heterocycles. The standard InChI is InChI=1S/C16H25NO2/c1-5-6-7-10-17-16(18)14(4)19-15-11-12(2)8-9-13(15)3/h8-9,11,14H,5-7,10H2,1-4H3,(H,17,18). The molecular weight excluding hydrogens is 238 g/mol. The molecule has 106 valence electrons. The van der Waals surface area contributed by atoms with E-state index in [2.05, 4.69) is 12.2 Å². The minimum absolute atomic E-state index is 0.0444. The van der Waals surface area contributed by atoms with E-state index < -0.39 is 6.10 Å². The van der Waals surface area contributed by atoms with Crippen molar-refractivity contribution in [2.45, 2.75) is 53.1 Å². The van der Waals surface area contributed by atoms with Crippen molar-refractivity contribution in [2.75, 3.05) is 6.54 Å². The summed E-state index contributed by atoms with van der Waals surface area (Å²) in [4.78, 5) is 11.9. The molecule has 0 saturated carbocycles. The van der Waals surface area contributed by atoms with Crippen molar-refractivity contribution in [1.82, 2.24) is 5.32 Å². The molecule has 0 aliphatic heterocycles. The number of hydrogen-bond acceptors (Lipinski definition) is 2. The number of carbonyl (C=O) groups is 1. The highest BCUT2D eigenvalue weighted by Crippen LogP contribution is 2.20. The first-order valence-corrected chi connectivity index (χ1v) is 7.06. The molecule has 0 radical (unpaired) electrons. The van der Waals surface area contributed by atoms with Crippen LogP contribution in [-0.4, -0.2) is 18.6 Å². The smallest absolute Gasteiger partial charge is 0.260 e. The van der Waals surface area contributed by atoms with Gasteiger partial charge in [-0.2, -0.15) is 0 Å². The molecule has 0 aliphatic rings. The van der Waals surface area contributed by atoms with E-state index in [-0.39, 0.29) is 5.91 Å². The van der Waals surface area contributed by atoms with Gasteiger partial charge < -0.3 is 10.1 Å². The van der Waals surface area contributed by atoms with Gasteiger partial charge in [-0.15, -0.1) is 0 Å². The number of rotatable bonds is 7. The second kappa shape index (κ2) is 7.82. The van der Waals surface area contributed by atoms with Crippen LogP contribution in [0.2, 0.25) is 0 Å². The van der Waals surface area contributed by atoms with Gasteiger partial charge in [-0.3, -0.25) is 4.79 Å². The quantitative estimate of drug-likeness (QED) is 0.766. The molecule has 0 saturated heterocycles. The third-order valence-electron chi connectivity index (χ3n) is 3.10. The summed E-state index contributed by atoms with van der Waals surface area (Å²) < 4.78 is 5.73. The molecule has 1 amide bonds. The molecule has 3 nitrogen and oxygen atoms in total. The van der Waals surface area contributed by atoms with E-state index in [0.29, 0.717) is 0 Å². The fourth-order valence-corrected chi connectivity index (χ4v) is 1.81. The summed E-state index contributed by atoms with van der Waals surface area (Å²) in [5.74, 6) is 0.744. The molecule has 0 spiro atoms. The van der Waals surface area contributed by atoms with E-state index in [1.165, 1.54) is 0 Å². The highest BCUT2D eigenvalue weighted by atomic mass is 16.5. The zero-order valence-corrected chi connectivity index (χ0v) is 12.5. The number of carbonyl (C=O) groups excluding carboxylic acids is 1. The minimum atomic E-state index is -0.456. The average Bonchev–Trinajstić information content (AvgIpc) is 2.38. The summed E-state index contributed by atoms with van der Waals surface area (Å²) in [6.07, 6.45) is 2.87. The van der Waals surface area contributed by atoms with E-state index in [1.54, 1.807) is 6.92 Å². The van der Waals surface area contributed by atoms with Crippen LogP contribution in [0.15, 0.2) is 18.2 Å². The number of ether oxygens (including phenoxy) is 1. The van der Waals surface area contributed by atoms with Gasteiger partial charge in [0.2, 0.25) is 0 Å². The minimum Gasteiger partial charge on any atom is -0.481 e. The average molecular weight is 263 g/mol. The molecule has 3 heteroatoms. The van der Waals surface area contributed by atoms with Gasteiger partial charge in [0.1, 0.15) is 5.75 Å². The van der Waals surface area contributed by atoms with Gasteiger partial charge in [-0.05, 0) is 44.4 Å². The molecule has 0 aromatic heterocycles. The lowest BCUT2D eigenvalue weighted by Gasteiger charge is -2.16. The molecule has 1 aromatic rings. The molecule has 1 unspecified atom stereocenters. The number of amides is 1. The fraction of sp³-hybridized carbons (Fsp3) is 0.562. The van der Waals surface area contributed by atoms with Crippen molar-refractivity contribution in [2.24, 2.45) is 0 Å². The van der Waals surface area contributed by atoms with Crippen molar-refractivity contribution >= 4 is 5.91 Å². The summed E-state index contributed by atoms with van der Waals surface area (Å²) in [7, 11) is 0. The lowest BCUT2D eigenvalue weighted by molar-refractivity contribution is -0.127. The Labute approximate surface area is 116 Å². The van der Waals surface area contributed by atoms with Crippen LogP contribution in [0.4, 0.5) is 0 Å². The van der Waals surface area contributed by atoms with Crippen LogP contribution in [0.25, 0.3) is 0 Å². The second-order valence-corrected chi connectivity index (χ2v) is 5.03. The molecule has 0 fully saturated rings. The maximum absolute atomic E-state index is 11.9. The van der Waals surface area contributed by atoms with Crippen LogP contribution in [0.5, 0.6) is 5.75 Å². The number of aryl methyl sites for hydroxylation is 2. The second-order valence-electron chi connectivity index (χ2n) is 5.03.